The lowest BCUT2D eigenvalue weighted by atomic mass is 9.76. The smallest absolute Gasteiger partial charge is 0.325 e. The molecule has 6 nitrogen and oxygen atoms in total. The lowest BCUT2D eigenvalue weighted by Gasteiger charge is -2.46. The minimum absolute atomic E-state index is 0.00313. The summed E-state index contributed by atoms with van der Waals surface area (Å²) in [6.07, 6.45) is 0.394. The Morgan fingerprint density at radius 2 is 1.42 bits per heavy atom. The number of carbonyl (C=O) groups excluding carboxylic acids is 1. The molecule has 3 aromatic carbocycles. The van der Waals surface area contributed by atoms with Gasteiger partial charge in [-0.1, -0.05) is 155 Å². The second-order valence-electron chi connectivity index (χ2n) is 15.6. The van der Waals surface area contributed by atoms with Crippen LogP contribution < -0.4 is 10.4 Å². The lowest BCUT2D eigenvalue weighted by Crippen LogP contribution is -2.67. The zero-order valence-corrected chi connectivity index (χ0v) is 34.1. The molecule has 1 saturated heterocycles. The molecule has 1 unspecified atom stereocenters. The summed E-state index contributed by atoms with van der Waals surface area (Å²) in [6, 6.07) is 31.6. The van der Waals surface area contributed by atoms with E-state index in [2.05, 4.69) is 118 Å². The summed E-state index contributed by atoms with van der Waals surface area (Å²) in [6.45, 7) is 18.2. The predicted molar refractivity (Wildman–Crippen MR) is 208 cm³/mol. The Labute approximate surface area is 310 Å². The van der Waals surface area contributed by atoms with Crippen molar-refractivity contribution in [1.82, 2.24) is 0 Å². The van der Waals surface area contributed by atoms with Crippen LogP contribution in [0, 0.1) is 23.7 Å². The Kier molecular flexibility index (Phi) is 14.1. The summed E-state index contributed by atoms with van der Waals surface area (Å²) >= 11 is 3.48. The van der Waals surface area contributed by atoms with Crippen LogP contribution in [0.25, 0.3) is 0 Å². The molecule has 0 amide bonds. The topological polar surface area (TPSA) is 74.2 Å². The largest absolute Gasteiger partial charge is 0.468 e. The first-order chi connectivity index (χ1) is 23.6. The van der Waals surface area contributed by atoms with Gasteiger partial charge in [0.15, 0.2) is 0 Å². The van der Waals surface area contributed by atoms with Crippen LogP contribution in [-0.2, 0) is 30.0 Å². The predicted octanol–water partition coefficient (Wildman–Crippen LogP) is 7.93. The number of rotatable bonds is 15. The van der Waals surface area contributed by atoms with Crippen molar-refractivity contribution in [2.75, 3.05) is 13.7 Å². The fourth-order valence-electron chi connectivity index (χ4n) is 7.91. The van der Waals surface area contributed by atoms with E-state index in [0.717, 1.165) is 18.4 Å². The molecule has 1 aliphatic rings. The summed E-state index contributed by atoms with van der Waals surface area (Å²) in [4.78, 5) is 12.7. The van der Waals surface area contributed by atoms with Gasteiger partial charge in [-0.05, 0) is 46.7 Å². The number of aliphatic hydroxyl groups is 1. The maximum Gasteiger partial charge on any atom is 0.325 e. The maximum absolute atomic E-state index is 12.7. The number of hydrogen-bond donors (Lipinski definition) is 1. The van der Waals surface area contributed by atoms with Gasteiger partial charge in [0.1, 0.15) is 4.32 Å². The molecule has 0 aliphatic carbocycles. The van der Waals surface area contributed by atoms with Crippen molar-refractivity contribution < 1.29 is 28.5 Å². The molecule has 8 heteroatoms. The van der Waals surface area contributed by atoms with Gasteiger partial charge in [0.2, 0.25) is 0 Å². The van der Waals surface area contributed by atoms with E-state index in [-0.39, 0.29) is 35.0 Å². The Morgan fingerprint density at radius 3 is 1.92 bits per heavy atom. The molecule has 0 radical (unpaired) electrons. The molecule has 1 aliphatic heterocycles. The summed E-state index contributed by atoms with van der Waals surface area (Å²) in [7, 11) is -1.36. The Hall–Kier alpha value is -2.33. The molecule has 0 spiro atoms. The second kappa shape index (κ2) is 17.5. The normalized spacial score (nSPS) is 22.8. The number of methoxy groups -OCH3 is 1. The standard InChI is InChI=1S/C42H59BrO6Si/c1-29-25-26-36(30(2)27-48-50(41(5,6)7,34-21-15-11-16-22-34)35-23-17-12-18-24-35)49-37(29)31(3)38(47-28-33-19-13-10-14-20-33)32(4)39(44)42(8,43)40(45)46-9/h10-24,29-32,36-39,44H,25-28H2,1-9H3/t29-,30+,31+,32+,36-,37-,38+,39-,42?/m0/s1. The third-order valence-electron chi connectivity index (χ3n) is 10.9. The maximum atomic E-state index is 12.7. The van der Waals surface area contributed by atoms with E-state index in [1.165, 1.54) is 17.5 Å². The molecule has 3 aromatic rings. The molecule has 4 rings (SSSR count). The van der Waals surface area contributed by atoms with Gasteiger partial charge in [-0.2, -0.15) is 0 Å². The van der Waals surface area contributed by atoms with Crippen molar-refractivity contribution in [3.05, 3.63) is 96.6 Å². The minimum atomic E-state index is -2.69. The number of aliphatic hydroxyl groups excluding tert-OH is 1. The molecule has 1 fully saturated rings. The van der Waals surface area contributed by atoms with E-state index in [9.17, 15) is 9.90 Å². The van der Waals surface area contributed by atoms with Crippen LogP contribution in [-0.4, -0.2) is 61.9 Å². The van der Waals surface area contributed by atoms with Crippen LogP contribution in [0.1, 0.15) is 73.8 Å². The number of ether oxygens (including phenoxy) is 3. The molecule has 1 heterocycles. The third-order valence-corrected chi connectivity index (χ3v) is 16.7. The van der Waals surface area contributed by atoms with Gasteiger partial charge in [0.05, 0.1) is 38.1 Å². The molecule has 9 atom stereocenters. The highest BCUT2D eigenvalue weighted by Gasteiger charge is 2.51. The first kappa shape index (κ1) is 40.4. The molecule has 0 saturated carbocycles. The molecule has 0 aromatic heterocycles. The SMILES string of the molecule is COC(=O)C(C)(Br)[C@@H](O)[C@H](C)[C@H](OCc1ccccc1)[C@H](C)[C@H]1O[C@H]([C@H](C)CO[Si](c2ccccc2)(c2ccccc2)C(C)(C)C)CC[C@@H]1C. The minimum Gasteiger partial charge on any atom is -0.468 e. The number of carbonyl (C=O) groups is 1. The fourth-order valence-corrected chi connectivity index (χ4v) is 13.2. The molecular weight excluding hydrogens is 708 g/mol. The van der Waals surface area contributed by atoms with Gasteiger partial charge in [-0.3, -0.25) is 4.79 Å². The van der Waals surface area contributed by atoms with E-state index in [0.29, 0.717) is 13.2 Å². The first-order valence-electron chi connectivity index (χ1n) is 18.2. The Bertz CT molecular complexity index is 1420. The van der Waals surface area contributed by atoms with Crippen molar-refractivity contribution >= 4 is 40.6 Å². The highest BCUT2D eigenvalue weighted by Crippen LogP contribution is 2.41. The molecular formula is C42H59BrO6Si. The highest BCUT2D eigenvalue weighted by atomic mass is 79.9. The van der Waals surface area contributed by atoms with Crippen molar-refractivity contribution in [3.63, 3.8) is 0 Å². The average molecular weight is 768 g/mol. The van der Waals surface area contributed by atoms with Crippen LogP contribution in [0.3, 0.4) is 0 Å². The zero-order chi connectivity index (χ0) is 36.7. The molecule has 1 N–H and O–H groups in total. The second-order valence-corrected chi connectivity index (χ2v) is 21.6. The van der Waals surface area contributed by atoms with Crippen LogP contribution in [0.5, 0.6) is 0 Å². The van der Waals surface area contributed by atoms with Gasteiger partial charge in [-0.25, -0.2) is 0 Å². The molecule has 0 bridgehead atoms. The van der Waals surface area contributed by atoms with E-state index < -0.39 is 36.7 Å². The van der Waals surface area contributed by atoms with Gasteiger partial charge in [0.25, 0.3) is 8.32 Å². The van der Waals surface area contributed by atoms with Crippen molar-refractivity contribution in [3.8, 4) is 0 Å². The number of halogens is 1. The van der Waals surface area contributed by atoms with E-state index in [4.69, 9.17) is 18.6 Å². The molecule has 274 valence electrons. The molecule has 50 heavy (non-hydrogen) atoms. The van der Waals surface area contributed by atoms with E-state index >= 15 is 0 Å². The van der Waals surface area contributed by atoms with Crippen molar-refractivity contribution in [2.24, 2.45) is 23.7 Å². The fraction of sp³-hybridized carbons (Fsp3) is 0.548. The van der Waals surface area contributed by atoms with Crippen LogP contribution in [0.4, 0.5) is 0 Å². The van der Waals surface area contributed by atoms with Crippen molar-refractivity contribution in [2.45, 2.75) is 109 Å². The zero-order valence-electron chi connectivity index (χ0n) is 31.5. The number of hydrogen-bond acceptors (Lipinski definition) is 6. The van der Waals surface area contributed by atoms with Gasteiger partial charge in [0, 0.05) is 24.4 Å². The Morgan fingerprint density at radius 1 is 0.900 bits per heavy atom. The first-order valence-corrected chi connectivity index (χ1v) is 20.9. The summed E-state index contributed by atoms with van der Waals surface area (Å²) in [5, 5.41) is 14.0. The number of esters is 1. The summed E-state index contributed by atoms with van der Waals surface area (Å²) < 4.78 is 24.8. The van der Waals surface area contributed by atoms with E-state index in [1.807, 2.05) is 37.3 Å². The van der Waals surface area contributed by atoms with Crippen LogP contribution in [0.15, 0.2) is 91.0 Å². The highest BCUT2D eigenvalue weighted by molar-refractivity contribution is 9.10. The lowest BCUT2D eigenvalue weighted by molar-refractivity contribution is -0.169. The Balaban J connectivity index is 1.58. The number of benzene rings is 3. The van der Waals surface area contributed by atoms with Crippen molar-refractivity contribution in [1.29, 1.82) is 0 Å². The quantitative estimate of drug-likeness (QED) is 0.0963. The third kappa shape index (κ3) is 8.99. The van der Waals surface area contributed by atoms with Crippen LogP contribution in [0.2, 0.25) is 5.04 Å². The summed E-state index contributed by atoms with van der Waals surface area (Å²) in [5.74, 6) is -0.579. The van der Waals surface area contributed by atoms with Crippen LogP contribution >= 0.6 is 15.9 Å². The number of alkyl halides is 1. The van der Waals surface area contributed by atoms with E-state index in [1.54, 1.807) is 6.92 Å². The summed E-state index contributed by atoms with van der Waals surface area (Å²) in [5.41, 5.74) is 1.05. The van der Waals surface area contributed by atoms with Gasteiger partial charge >= 0.3 is 5.97 Å². The monoisotopic (exact) mass is 766 g/mol. The van der Waals surface area contributed by atoms with Gasteiger partial charge in [-0.15, -0.1) is 0 Å². The average Bonchev–Trinajstić information content (AvgIpc) is 3.11. The van der Waals surface area contributed by atoms with Gasteiger partial charge < -0.3 is 23.7 Å².